The summed E-state index contributed by atoms with van der Waals surface area (Å²) in [5.41, 5.74) is 2.08. The molecule has 1 aliphatic rings. The first kappa shape index (κ1) is 23.3. The van der Waals surface area contributed by atoms with E-state index in [0.717, 1.165) is 42.6 Å². The number of benzene rings is 2. The molecule has 0 saturated heterocycles. The highest BCUT2D eigenvalue weighted by Crippen LogP contribution is 2.26. The maximum Gasteiger partial charge on any atom is 0.277 e. The first-order valence-electron chi connectivity index (χ1n) is 11.3. The van der Waals surface area contributed by atoms with Crippen molar-refractivity contribution in [2.75, 3.05) is 5.75 Å². The Kier molecular flexibility index (Phi) is 7.99. The molecule has 33 heavy (non-hydrogen) atoms. The topological polar surface area (TPSA) is 68.5 Å². The molecule has 1 amide bonds. The van der Waals surface area contributed by atoms with E-state index >= 15 is 0 Å². The van der Waals surface area contributed by atoms with E-state index in [1.54, 1.807) is 12.1 Å². The summed E-state index contributed by atoms with van der Waals surface area (Å²) in [7, 11) is 0. The van der Waals surface area contributed by atoms with Gasteiger partial charge in [-0.3, -0.25) is 4.79 Å². The van der Waals surface area contributed by atoms with Gasteiger partial charge in [0.2, 0.25) is 5.91 Å². The first-order chi connectivity index (χ1) is 16.1. The molecule has 0 atom stereocenters. The standard InChI is InChI=1S/C25H28FN3O3S/c1-18-7-13-22(14-8-18)31-16-23-27-28-25(32-23)33-17-24(30)29(21-5-3-2-4-6-21)15-19-9-11-20(26)12-10-19/h7-14,21H,2-6,15-17H2,1H3. The zero-order chi connectivity index (χ0) is 23.0. The molecule has 3 aromatic rings. The van der Waals surface area contributed by atoms with Crippen LogP contribution in [0.5, 0.6) is 5.75 Å². The van der Waals surface area contributed by atoms with Crippen molar-refractivity contribution in [3.05, 3.63) is 71.4 Å². The highest BCUT2D eigenvalue weighted by molar-refractivity contribution is 7.99. The molecule has 0 N–H and O–H groups in total. The summed E-state index contributed by atoms with van der Waals surface area (Å²) in [6, 6.07) is 14.3. The van der Waals surface area contributed by atoms with Crippen molar-refractivity contribution < 1.29 is 18.3 Å². The second-order valence-electron chi connectivity index (χ2n) is 8.29. The van der Waals surface area contributed by atoms with Crippen molar-refractivity contribution in [2.45, 2.75) is 63.4 Å². The Morgan fingerprint density at radius 2 is 1.82 bits per heavy atom. The number of hydrogen-bond acceptors (Lipinski definition) is 6. The molecule has 1 aliphatic carbocycles. The largest absolute Gasteiger partial charge is 0.484 e. The molecule has 0 bridgehead atoms. The molecule has 0 radical (unpaired) electrons. The lowest BCUT2D eigenvalue weighted by molar-refractivity contribution is -0.132. The summed E-state index contributed by atoms with van der Waals surface area (Å²) in [5, 5.41) is 8.39. The molecule has 6 nitrogen and oxygen atoms in total. The van der Waals surface area contributed by atoms with Crippen LogP contribution in [0.2, 0.25) is 0 Å². The smallest absolute Gasteiger partial charge is 0.277 e. The van der Waals surface area contributed by atoms with Gasteiger partial charge in [0.15, 0.2) is 6.61 Å². The van der Waals surface area contributed by atoms with Crippen molar-refractivity contribution in [3.8, 4) is 5.75 Å². The second-order valence-corrected chi connectivity index (χ2v) is 9.22. The molecular formula is C25H28FN3O3S. The number of hydrogen-bond donors (Lipinski definition) is 0. The van der Waals surface area contributed by atoms with Gasteiger partial charge in [-0.05, 0) is 49.6 Å². The fraction of sp³-hybridized carbons (Fsp3) is 0.400. The van der Waals surface area contributed by atoms with Crippen LogP contribution in [0.3, 0.4) is 0 Å². The van der Waals surface area contributed by atoms with Crippen LogP contribution in [-0.4, -0.2) is 32.8 Å². The highest BCUT2D eigenvalue weighted by Gasteiger charge is 2.26. The molecule has 2 aromatic carbocycles. The lowest BCUT2D eigenvalue weighted by Crippen LogP contribution is -2.41. The Bertz CT molecular complexity index is 1030. The maximum absolute atomic E-state index is 13.3. The lowest BCUT2D eigenvalue weighted by atomic mass is 9.94. The van der Waals surface area contributed by atoms with Crippen molar-refractivity contribution in [3.63, 3.8) is 0 Å². The third-order valence-electron chi connectivity index (χ3n) is 5.75. The number of aromatic nitrogens is 2. The predicted molar refractivity (Wildman–Crippen MR) is 124 cm³/mol. The Labute approximate surface area is 197 Å². The fourth-order valence-electron chi connectivity index (χ4n) is 3.94. The number of carbonyl (C=O) groups is 1. The number of halogens is 1. The predicted octanol–water partition coefficient (Wildman–Crippen LogP) is 5.55. The second kappa shape index (κ2) is 11.3. The van der Waals surface area contributed by atoms with Gasteiger partial charge in [-0.25, -0.2) is 4.39 Å². The molecule has 0 aliphatic heterocycles. The molecule has 0 unspecified atom stereocenters. The van der Waals surface area contributed by atoms with Crippen molar-refractivity contribution >= 4 is 17.7 Å². The zero-order valence-electron chi connectivity index (χ0n) is 18.7. The molecule has 0 spiro atoms. The van der Waals surface area contributed by atoms with Crippen LogP contribution in [0.4, 0.5) is 4.39 Å². The van der Waals surface area contributed by atoms with Crippen LogP contribution >= 0.6 is 11.8 Å². The van der Waals surface area contributed by atoms with Gasteiger partial charge < -0.3 is 14.1 Å². The third kappa shape index (κ3) is 6.81. The fourth-order valence-corrected chi connectivity index (χ4v) is 4.61. The summed E-state index contributed by atoms with van der Waals surface area (Å²) in [6.45, 7) is 2.66. The monoisotopic (exact) mass is 469 g/mol. The number of nitrogens with zero attached hydrogens (tertiary/aromatic N) is 3. The summed E-state index contributed by atoms with van der Waals surface area (Å²) >= 11 is 1.23. The number of aryl methyl sites for hydroxylation is 1. The highest BCUT2D eigenvalue weighted by atomic mass is 32.2. The summed E-state index contributed by atoms with van der Waals surface area (Å²) in [5.74, 6) is 1.04. The average Bonchev–Trinajstić information content (AvgIpc) is 3.30. The van der Waals surface area contributed by atoms with Crippen LogP contribution < -0.4 is 4.74 Å². The number of ether oxygens (including phenoxy) is 1. The van der Waals surface area contributed by atoms with Crippen LogP contribution in [-0.2, 0) is 17.9 Å². The van der Waals surface area contributed by atoms with Gasteiger partial charge in [-0.15, -0.1) is 10.2 Å². The Hall–Kier alpha value is -2.87. The van der Waals surface area contributed by atoms with Crippen LogP contribution in [0.15, 0.2) is 58.2 Å². The number of amides is 1. The van der Waals surface area contributed by atoms with Crippen molar-refractivity contribution in [1.82, 2.24) is 15.1 Å². The summed E-state index contributed by atoms with van der Waals surface area (Å²) in [4.78, 5) is 15.1. The Balaban J connectivity index is 1.33. The van der Waals surface area contributed by atoms with E-state index in [-0.39, 0.29) is 30.1 Å². The number of carbonyl (C=O) groups excluding carboxylic acids is 1. The molecule has 174 valence electrons. The van der Waals surface area contributed by atoms with E-state index in [2.05, 4.69) is 10.2 Å². The summed E-state index contributed by atoms with van der Waals surface area (Å²) in [6.07, 6.45) is 5.45. The van der Waals surface area contributed by atoms with Gasteiger partial charge in [0, 0.05) is 12.6 Å². The Morgan fingerprint density at radius 3 is 2.55 bits per heavy atom. The van der Waals surface area contributed by atoms with Gasteiger partial charge >= 0.3 is 0 Å². The molecule has 1 aromatic heterocycles. The average molecular weight is 470 g/mol. The van der Waals surface area contributed by atoms with Gasteiger partial charge in [-0.2, -0.15) is 0 Å². The van der Waals surface area contributed by atoms with Gasteiger partial charge in [0.05, 0.1) is 5.75 Å². The number of rotatable bonds is 9. The molecule has 1 fully saturated rings. The molecule has 1 heterocycles. The first-order valence-corrected chi connectivity index (χ1v) is 12.2. The Morgan fingerprint density at radius 1 is 1.09 bits per heavy atom. The minimum atomic E-state index is -0.275. The van der Waals surface area contributed by atoms with Crippen molar-refractivity contribution in [1.29, 1.82) is 0 Å². The van der Waals surface area contributed by atoms with Gasteiger partial charge in [0.25, 0.3) is 11.1 Å². The van der Waals surface area contributed by atoms with Crippen LogP contribution in [0.1, 0.15) is 49.1 Å². The van der Waals surface area contributed by atoms with E-state index in [1.807, 2.05) is 36.1 Å². The molecule has 1 saturated carbocycles. The van der Waals surface area contributed by atoms with Crippen LogP contribution in [0.25, 0.3) is 0 Å². The van der Waals surface area contributed by atoms with E-state index < -0.39 is 0 Å². The number of thioether (sulfide) groups is 1. The molecular weight excluding hydrogens is 441 g/mol. The molecule has 4 rings (SSSR count). The van der Waals surface area contributed by atoms with E-state index in [1.165, 1.54) is 30.3 Å². The minimum absolute atomic E-state index is 0.0203. The van der Waals surface area contributed by atoms with Gasteiger partial charge in [0.1, 0.15) is 11.6 Å². The van der Waals surface area contributed by atoms with Crippen LogP contribution in [0, 0.1) is 12.7 Å². The normalized spacial score (nSPS) is 14.2. The van der Waals surface area contributed by atoms with Gasteiger partial charge in [-0.1, -0.05) is 60.9 Å². The molecule has 8 heteroatoms. The van der Waals surface area contributed by atoms with E-state index in [4.69, 9.17) is 9.15 Å². The maximum atomic E-state index is 13.3. The lowest BCUT2D eigenvalue weighted by Gasteiger charge is -2.34. The van der Waals surface area contributed by atoms with Crippen molar-refractivity contribution in [2.24, 2.45) is 0 Å². The van der Waals surface area contributed by atoms with E-state index in [9.17, 15) is 9.18 Å². The SMILES string of the molecule is Cc1ccc(OCc2nnc(SCC(=O)N(Cc3ccc(F)cc3)C3CCCCC3)o2)cc1. The summed E-state index contributed by atoms with van der Waals surface area (Å²) < 4.78 is 24.6. The van der Waals surface area contributed by atoms with E-state index in [0.29, 0.717) is 17.7 Å². The minimum Gasteiger partial charge on any atom is -0.484 e. The zero-order valence-corrected chi connectivity index (χ0v) is 19.5. The third-order valence-corrected chi connectivity index (χ3v) is 6.56. The quantitative estimate of drug-likeness (QED) is 0.383.